The largest absolute Gasteiger partial charge is 0.456 e. The van der Waals surface area contributed by atoms with E-state index in [0.29, 0.717) is 0 Å². The highest BCUT2D eigenvalue weighted by atomic mass is 16.3. The standard InChI is InChI=1S/C52H35NO/c1-3-13-36(14-4-1)38-25-29-43(30-26-38)53(44-31-27-39(28-32-44)41-18-11-17-40(33-41)37-15-5-2-6-16-37)50-23-9-7-20-46(50)45-22-12-19-42-34-52-49(35-48(42)45)47-21-8-10-24-51(47)54-52/h1-35H. The molecule has 0 unspecified atom stereocenters. The maximum atomic E-state index is 6.29. The van der Waals surface area contributed by atoms with E-state index in [1.165, 1.54) is 44.3 Å². The molecule has 1 aromatic heterocycles. The van der Waals surface area contributed by atoms with E-state index >= 15 is 0 Å². The lowest BCUT2D eigenvalue weighted by Crippen LogP contribution is -2.11. The minimum absolute atomic E-state index is 0.906. The Kier molecular flexibility index (Phi) is 7.85. The van der Waals surface area contributed by atoms with E-state index < -0.39 is 0 Å². The van der Waals surface area contributed by atoms with Gasteiger partial charge in [0.2, 0.25) is 0 Å². The number of anilines is 3. The number of para-hydroxylation sites is 2. The second kappa shape index (κ2) is 13.4. The first kappa shape index (κ1) is 31.6. The first-order chi connectivity index (χ1) is 26.8. The SMILES string of the molecule is c1ccc(-c2ccc(N(c3ccc(-c4cccc(-c5ccccc5)c4)cc3)c3ccccc3-c3cccc4cc5oc6ccccc6c5cc34)cc2)cc1. The average molecular weight is 690 g/mol. The average Bonchev–Trinajstić information content (AvgIpc) is 3.61. The van der Waals surface area contributed by atoms with Gasteiger partial charge in [-0.3, -0.25) is 0 Å². The highest BCUT2D eigenvalue weighted by Crippen LogP contribution is 2.44. The van der Waals surface area contributed by atoms with Crippen LogP contribution in [-0.2, 0) is 0 Å². The van der Waals surface area contributed by atoms with Crippen molar-refractivity contribution in [2.45, 2.75) is 0 Å². The molecule has 0 amide bonds. The van der Waals surface area contributed by atoms with Gasteiger partial charge in [-0.05, 0) is 104 Å². The van der Waals surface area contributed by atoms with Crippen molar-refractivity contribution >= 4 is 49.8 Å². The summed E-state index contributed by atoms with van der Waals surface area (Å²) in [7, 11) is 0. The molecule has 9 aromatic carbocycles. The summed E-state index contributed by atoms with van der Waals surface area (Å²) in [6.45, 7) is 0. The fourth-order valence-electron chi connectivity index (χ4n) is 7.80. The summed E-state index contributed by atoms with van der Waals surface area (Å²) >= 11 is 0. The molecule has 254 valence electrons. The molecule has 10 aromatic rings. The van der Waals surface area contributed by atoms with Crippen LogP contribution in [0.15, 0.2) is 217 Å². The lowest BCUT2D eigenvalue weighted by atomic mass is 9.94. The quantitative estimate of drug-likeness (QED) is 0.166. The minimum Gasteiger partial charge on any atom is -0.456 e. The lowest BCUT2D eigenvalue weighted by Gasteiger charge is -2.28. The number of benzene rings is 9. The van der Waals surface area contributed by atoms with Crippen molar-refractivity contribution in [3.8, 4) is 44.5 Å². The lowest BCUT2D eigenvalue weighted by molar-refractivity contribution is 0.669. The summed E-state index contributed by atoms with van der Waals surface area (Å²) < 4.78 is 6.29. The summed E-state index contributed by atoms with van der Waals surface area (Å²) in [6.07, 6.45) is 0. The van der Waals surface area contributed by atoms with Crippen LogP contribution in [0.25, 0.3) is 77.2 Å². The van der Waals surface area contributed by atoms with Crippen LogP contribution in [0.1, 0.15) is 0 Å². The molecule has 0 saturated heterocycles. The number of fused-ring (bicyclic) bond motifs is 4. The first-order valence-corrected chi connectivity index (χ1v) is 18.4. The molecular formula is C52H35NO. The van der Waals surface area contributed by atoms with E-state index in [9.17, 15) is 0 Å². The Morgan fingerprint density at radius 2 is 0.815 bits per heavy atom. The predicted molar refractivity (Wildman–Crippen MR) is 228 cm³/mol. The Bertz CT molecular complexity index is 2910. The van der Waals surface area contributed by atoms with Crippen molar-refractivity contribution in [2.75, 3.05) is 4.90 Å². The van der Waals surface area contributed by atoms with E-state index in [2.05, 4.69) is 205 Å². The van der Waals surface area contributed by atoms with Crippen LogP contribution >= 0.6 is 0 Å². The monoisotopic (exact) mass is 689 g/mol. The number of furan rings is 1. The molecule has 0 aliphatic heterocycles. The van der Waals surface area contributed by atoms with E-state index in [4.69, 9.17) is 4.42 Å². The maximum Gasteiger partial charge on any atom is 0.136 e. The van der Waals surface area contributed by atoms with Gasteiger partial charge >= 0.3 is 0 Å². The molecule has 10 rings (SSSR count). The maximum absolute atomic E-state index is 6.29. The van der Waals surface area contributed by atoms with Crippen molar-refractivity contribution in [3.63, 3.8) is 0 Å². The fraction of sp³-hybridized carbons (Fsp3) is 0. The van der Waals surface area contributed by atoms with Gasteiger partial charge in [0, 0.05) is 27.7 Å². The van der Waals surface area contributed by atoms with E-state index in [0.717, 1.165) is 50.0 Å². The van der Waals surface area contributed by atoms with Crippen LogP contribution in [0.5, 0.6) is 0 Å². The van der Waals surface area contributed by atoms with E-state index in [1.54, 1.807) is 0 Å². The topological polar surface area (TPSA) is 16.4 Å². The van der Waals surface area contributed by atoms with Crippen LogP contribution in [0, 0.1) is 0 Å². The Labute approximate surface area is 314 Å². The molecular weight excluding hydrogens is 655 g/mol. The second-order valence-electron chi connectivity index (χ2n) is 13.7. The third-order valence-electron chi connectivity index (χ3n) is 10.5. The Balaban J connectivity index is 1.12. The van der Waals surface area contributed by atoms with Gasteiger partial charge in [-0.2, -0.15) is 0 Å². The van der Waals surface area contributed by atoms with Crippen LogP contribution < -0.4 is 4.90 Å². The molecule has 0 radical (unpaired) electrons. The van der Waals surface area contributed by atoms with Crippen molar-refractivity contribution < 1.29 is 4.42 Å². The number of rotatable bonds is 7. The molecule has 2 nitrogen and oxygen atoms in total. The molecule has 2 heteroatoms. The Morgan fingerprint density at radius 3 is 1.52 bits per heavy atom. The van der Waals surface area contributed by atoms with Gasteiger partial charge < -0.3 is 9.32 Å². The molecule has 1 heterocycles. The summed E-state index contributed by atoms with van der Waals surface area (Å²) in [4.78, 5) is 2.39. The van der Waals surface area contributed by atoms with Crippen LogP contribution in [0.4, 0.5) is 17.1 Å². The summed E-state index contributed by atoms with van der Waals surface area (Å²) in [6, 6.07) is 76.0. The molecule has 0 spiro atoms. The molecule has 0 atom stereocenters. The van der Waals surface area contributed by atoms with Crippen LogP contribution in [0.2, 0.25) is 0 Å². The Morgan fingerprint density at radius 1 is 0.296 bits per heavy atom. The van der Waals surface area contributed by atoms with E-state index in [-0.39, 0.29) is 0 Å². The number of nitrogens with zero attached hydrogens (tertiary/aromatic N) is 1. The second-order valence-corrected chi connectivity index (χ2v) is 13.7. The molecule has 0 aliphatic rings. The van der Waals surface area contributed by atoms with Crippen molar-refractivity contribution in [1.29, 1.82) is 0 Å². The van der Waals surface area contributed by atoms with Crippen LogP contribution in [0.3, 0.4) is 0 Å². The third-order valence-corrected chi connectivity index (χ3v) is 10.5. The molecule has 54 heavy (non-hydrogen) atoms. The fourth-order valence-corrected chi connectivity index (χ4v) is 7.80. The van der Waals surface area contributed by atoms with Gasteiger partial charge in [0.15, 0.2) is 0 Å². The summed E-state index contributed by atoms with van der Waals surface area (Å²) in [5.74, 6) is 0. The van der Waals surface area contributed by atoms with Crippen molar-refractivity contribution in [3.05, 3.63) is 212 Å². The van der Waals surface area contributed by atoms with Gasteiger partial charge in [0.25, 0.3) is 0 Å². The van der Waals surface area contributed by atoms with Crippen LogP contribution in [-0.4, -0.2) is 0 Å². The van der Waals surface area contributed by atoms with Crippen molar-refractivity contribution in [2.24, 2.45) is 0 Å². The molecule has 0 fully saturated rings. The van der Waals surface area contributed by atoms with Gasteiger partial charge in [0.1, 0.15) is 11.2 Å². The molecule has 0 bridgehead atoms. The van der Waals surface area contributed by atoms with Crippen molar-refractivity contribution in [1.82, 2.24) is 0 Å². The number of hydrogen-bond acceptors (Lipinski definition) is 2. The van der Waals surface area contributed by atoms with Gasteiger partial charge in [-0.25, -0.2) is 0 Å². The highest BCUT2D eigenvalue weighted by Gasteiger charge is 2.19. The zero-order valence-corrected chi connectivity index (χ0v) is 29.6. The minimum atomic E-state index is 0.906. The third kappa shape index (κ3) is 5.71. The summed E-state index contributed by atoms with van der Waals surface area (Å²) in [5, 5.41) is 4.60. The van der Waals surface area contributed by atoms with Gasteiger partial charge in [-0.1, -0.05) is 158 Å². The molecule has 0 saturated carbocycles. The number of hydrogen-bond donors (Lipinski definition) is 0. The normalized spacial score (nSPS) is 11.3. The smallest absolute Gasteiger partial charge is 0.136 e. The zero-order chi connectivity index (χ0) is 35.8. The molecule has 0 N–H and O–H groups in total. The highest BCUT2D eigenvalue weighted by molar-refractivity contribution is 6.13. The van der Waals surface area contributed by atoms with E-state index in [1.807, 2.05) is 12.1 Å². The zero-order valence-electron chi connectivity index (χ0n) is 29.6. The molecule has 0 aliphatic carbocycles. The van der Waals surface area contributed by atoms with Gasteiger partial charge in [0.05, 0.1) is 5.69 Å². The summed E-state index contributed by atoms with van der Waals surface area (Å²) in [5.41, 5.74) is 14.6. The first-order valence-electron chi connectivity index (χ1n) is 18.4. The Hall–Kier alpha value is -7.16. The predicted octanol–water partition coefficient (Wildman–Crippen LogP) is 14.9. The van der Waals surface area contributed by atoms with Gasteiger partial charge in [-0.15, -0.1) is 0 Å².